The van der Waals surface area contributed by atoms with E-state index in [9.17, 15) is 4.79 Å². The van der Waals surface area contributed by atoms with Gasteiger partial charge in [0.1, 0.15) is 6.10 Å². The number of nitrogens with two attached hydrogens (primary N) is 1. The van der Waals surface area contributed by atoms with Crippen LogP contribution in [0.4, 0.5) is 4.79 Å². The molecule has 3 heteroatoms. The van der Waals surface area contributed by atoms with Crippen LogP contribution in [0.2, 0.25) is 0 Å². The minimum atomic E-state index is -0.717. The lowest BCUT2D eigenvalue weighted by atomic mass is 10.1. The van der Waals surface area contributed by atoms with Crippen molar-refractivity contribution in [1.29, 1.82) is 0 Å². The summed E-state index contributed by atoms with van der Waals surface area (Å²) >= 11 is 0. The Morgan fingerprint density at radius 1 is 1.57 bits per heavy atom. The number of ether oxygens (including phenoxy) is 1. The van der Waals surface area contributed by atoms with Gasteiger partial charge in [0.05, 0.1) is 0 Å². The maximum Gasteiger partial charge on any atom is 0.404 e. The Kier molecular flexibility index (Phi) is 3.51. The topological polar surface area (TPSA) is 52.3 Å². The molecule has 0 bridgehead atoms. The summed E-state index contributed by atoms with van der Waals surface area (Å²) in [6, 6.07) is 8.10. The third kappa shape index (κ3) is 3.47. The molecule has 0 aliphatic carbocycles. The van der Waals surface area contributed by atoms with Crippen molar-refractivity contribution in [2.45, 2.75) is 26.4 Å². The molecule has 1 aromatic carbocycles. The molecule has 0 radical (unpaired) electrons. The van der Waals surface area contributed by atoms with Gasteiger partial charge in [-0.1, -0.05) is 29.8 Å². The molecule has 0 spiro atoms. The molecule has 76 valence electrons. The van der Waals surface area contributed by atoms with Gasteiger partial charge in [-0.2, -0.15) is 0 Å². The largest absolute Gasteiger partial charge is 0.446 e. The second-order valence-electron chi connectivity index (χ2n) is 3.44. The van der Waals surface area contributed by atoms with Crippen LogP contribution >= 0.6 is 0 Å². The number of aryl methyl sites for hydroxylation is 1. The second-order valence-corrected chi connectivity index (χ2v) is 3.44. The van der Waals surface area contributed by atoms with Gasteiger partial charge in [0.2, 0.25) is 0 Å². The molecule has 2 N–H and O–H groups in total. The number of primary amides is 1. The highest BCUT2D eigenvalue weighted by atomic mass is 16.6. The number of carbonyl (C=O) groups is 1. The Bertz CT molecular complexity index is 323. The lowest BCUT2D eigenvalue weighted by Crippen LogP contribution is -2.21. The lowest BCUT2D eigenvalue weighted by molar-refractivity contribution is 0.116. The summed E-state index contributed by atoms with van der Waals surface area (Å²) in [5.74, 6) is 0. The number of carbonyl (C=O) groups excluding carboxylic acids is 1. The van der Waals surface area contributed by atoms with E-state index in [0.29, 0.717) is 6.42 Å². The highest BCUT2D eigenvalue weighted by Crippen LogP contribution is 2.08. The van der Waals surface area contributed by atoms with Gasteiger partial charge in [0, 0.05) is 6.42 Å². The smallest absolute Gasteiger partial charge is 0.404 e. The van der Waals surface area contributed by atoms with Crippen LogP contribution in [0.3, 0.4) is 0 Å². The van der Waals surface area contributed by atoms with E-state index in [4.69, 9.17) is 10.5 Å². The van der Waals surface area contributed by atoms with Crippen molar-refractivity contribution in [2.24, 2.45) is 5.73 Å². The van der Waals surface area contributed by atoms with E-state index in [0.717, 1.165) is 5.56 Å². The predicted molar refractivity (Wildman–Crippen MR) is 55.0 cm³/mol. The first-order chi connectivity index (χ1) is 6.58. The lowest BCUT2D eigenvalue weighted by Gasteiger charge is -2.11. The van der Waals surface area contributed by atoms with Crippen LogP contribution in [0.1, 0.15) is 18.1 Å². The van der Waals surface area contributed by atoms with Crippen LogP contribution in [0.25, 0.3) is 0 Å². The van der Waals surface area contributed by atoms with Crippen molar-refractivity contribution in [1.82, 2.24) is 0 Å². The highest BCUT2D eigenvalue weighted by Gasteiger charge is 2.06. The zero-order valence-electron chi connectivity index (χ0n) is 8.49. The minimum Gasteiger partial charge on any atom is -0.446 e. The van der Waals surface area contributed by atoms with Gasteiger partial charge >= 0.3 is 6.09 Å². The first-order valence-electron chi connectivity index (χ1n) is 4.59. The fourth-order valence-corrected chi connectivity index (χ4v) is 1.41. The van der Waals surface area contributed by atoms with Crippen LogP contribution in [0, 0.1) is 6.92 Å². The van der Waals surface area contributed by atoms with E-state index < -0.39 is 6.09 Å². The first kappa shape index (κ1) is 10.6. The number of rotatable bonds is 3. The second kappa shape index (κ2) is 4.65. The molecule has 1 atom stereocenters. The summed E-state index contributed by atoms with van der Waals surface area (Å²) < 4.78 is 4.83. The molecule has 3 nitrogen and oxygen atoms in total. The Labute approximate surface area is 83.9 Å². The Morgan fingerprint density at radius 3 is 2.86 bits per heavy atom. The summed E-state index contributed by atoms with van der Waals surface area (Å²) in [6.07, 6.45) is -0.190. The third-order valence-corrected chi connectivity index (χ3v) is 1.92. The van der Waals surface area contributed by atoms with E-state index in [-0.39, 0.29) is 6.10 Å². The van der Waals surface area contributed by atoms with E-state index in [1.807, 2.05) is 32.0 Å². The minimum absolute atomic E-state index is 0.172. The van der Waals surface area contributed by atoms with Crippen LogP contribution in [0.5, 0.6) is 0 Å². The summed E-state index contributed by atoms with van der Waals surface area (Å²) in [4.78, 5) is 10.5. The summed E-state index contributed by atoms with van der Waals surface area (Å²) in [5, 5.41) is 0. The van der Waals surface area contributed by atoms with E-state index in [1.165, 1.54) is 5.56 Å². The van der Waals surface area contributed by atoms with Crippen LogP contribution < -0.4 is 5.73 Å². The zero-order chi connectivity index (χ0) is 10.6. The number of hydrogen-bond donors (Lipinski definition) is 1. The first-order valence-corrected chi connectivity index (χ1v) is 4.59. The molecule has 14 heavy (non-hydrogen) atoms. The van der Waals surface area contributed by atoms with Crippen molar-refractivity contribution in [2.75, 3.05) is 0 Å². The molecule has 1 aromatic rings. The zero-order valence-corrected chi connectivity index (χ0v) is 8.49. The van der Waals surface area contributed by atoms with Gasteiger partial charge in [0.25, 0.3) is 0 Å². The maximum atomic E-state index is 10.5. The van der Waals surface area contributed by atoms with E-state index in [1.54, 1.807) is 0 Å². The summed E-state index contributed by atoms with van der Waals surface area (Å²) in [5.41, 5.74) is 7.27. The summed E-state index contributed by atoms with van der Waals surface area (Å²) in [7, 11) is 0. The van der Waals surface area contributed by atoms with E-state index in [2.05, 4.69) is 6.07 Å². The quantitative estimate of drug-likeness (QED) is 0.798. The van der Waals surface area contributed by atoms with Gasteiger partial charge in [-0.3, -0.25) is 0 Å². The molecular weight excluding hydrogens is 178 g/mol. The number of hydrogen-bond acceptors (Lipinski definition) is 2. The van der Waals surface area contributed by atoms with Crippen LogP contribution in [0.15, 0.2) is 24.3 Å². The summed E-state index contributed by atoms with van der Waals surface area (Å²) in [6.45, 7) is 3.86. The van der Waals surface area contributed by atoms with Gasteiger partial charge in [-0.25, -0.2) is 4.79 Å². The average molecular weight is 193 g/mol. The number of amides is 1. The molecule has 1 amide bonds. The molecule has 0 fully saturated rings. The molecule has 1 rings (SSSR count). The number of benzene rings is 1. The predicted octanol–water partition coefficient (Wildman–Crippen LogP) is 2.02. The Morgan fingerprint density at radius 2 is 2.29 bits per heavy atom. The fraction of sp³-hybridized carbons (Fsp3) is 0.364. The van der Waals surface area contributed by atoms with Gasteiger partial charge in [0.15, 0.2) is 0 Å². The van der Waals surface area contributed by atoms with Crippen LogP contribution in [-0.4, -0.2) is 12.2 Å². The molecule has 1 unspecified atom stereocenters. The standard InChI is InChI=1S/C11H15NO2/c1-8-4-3-5-10(6-8)7-9(2)14-11(12)13/h3-6,9H,7H2,1-2H3,(H2,12,13). The molecule has 0 saturated carbocycles. The molecule has 0 heterocycles. The third-order valence-electron chi connectivity index (χ3n) is 1.92. The Balaban J connectivity index is 2.55. The fourth-order valence-electron chi connectivity index (χ4n) is 1.41. The van der Waals surface area contributed by atoms with Crippen molar-refractivity contribution in [3.63, 3.8) is 0 Å². The molecular formula is C11H15NO2. The van der Waals surface area contributed by atoms with Crippen molar-refractivity contribution in [3.05, 3.63) is 35.4 Å². The van der Waals surface area contributed by atoms with Gasteiger partial charge in [-0.05, 0) is 19.4 Å². The van der Waals surface area contributed by atoms with E-state index >= 15 is 0 Å². The Hall–Kier alpha value is -1.51. The van der Waals surface area contributed by atoms with Gasteiger partial charge in [-0.15, -0.1) is 0 Å². The average Bonchev–Trinajstić information content (AvgIpc) is 2.01. The maximum absolute atomic E-state index is 10.5. The molecule has 0 aromatic heterocycles. The normalized spacial score (nSPS) is 12.1. The van der Waals surface area contributed by atoms with Crippen molar-refractivity contribution >= 4 is 6.09 Å². The molecule has 0 aliphatic heterocycles. The molecule has 0 aliphatic rings. The van der Waals surface area contributed by atoms with Crippen LogP contribution in [-0.2, 0) is 11.2 Å². The molecule has 0 saturated heterocycles. The van der Waals surface area contributed by atoms with Crippen molar-refractivity contribution < 1.29 is 9.53 Å². The van der Waals surface area contributed by atoms with Crippen molar-refractivity contribution in [3.8, 4) is 0 Å². The van der Waals surface area contributed by atoms with Gasteiger partial charge < -0.3 is 10.5 Å². The highest BCUT2D eigenvalue weighted by molar-refractivity contribution is 5.64. The SMILES string of the molecule is Cc1cccc(CC(C)OC(N)=O)c1. The monoisotopic (exact) mass is 193 g/mol.